The molecule has 4 rings (SSSR count). The van der Waals surface area contributed by atoms with Gasteiger partial charge in [-0.1, -0.05) is 13.8 Å². The Labute approximate surface area is 229 Å². The summed E-state index contributed by atoms with van der Waals surface area (Å²) in [5.74, 6) is -1.24. The maximum absolute atomic E-state index is 13.3. The molecule has 10 nitrogen and oxygen atoms in total. The predicted molar refractivity (Wildman–Crippen MR) is 145 cm³/mol. The second-order valence-corrected chi connectivity index (χ2v) is 13.7. The Hall–Kier alpha value is -2.87. The molecule has 13 heteroatoms. The number of hydrogen-bond acceptors (Lipinski definition) is 8. The number of hydrogen-bond donors (Lipinski definition) is 2. The average Bonchev–Trinajstić information content (AvgIpc) is 3.43. The van der Waals surface area contributed by atoms with Crippen LogP contribution in [0.15, 0.2) is 46.9 Å². The van der Waals surface area contributed by atoms with Gasteiger partial charge >= 0.3 is 15.0 Å². The van der Waals surface area contributed by atoms with E-state index in [2.05, 4.69) is 10.6 Å². The van der Waals surface area contributed by atoms with E-state index in [1.54, 1.807) is 13.0 Å². The molecule has 0 spiro atoms. The minimum absolute atomic E-state index is 0.0908. The van der Waals surface area contributed by atoms with Crippen molar-refractivity contribution in [1.82, 2.24) is 14.9 Å². The van der Waals surface area contributed by atoms with E-state index in [0.717, 1.165) is 19.9 Å². The smallest absolute Gasteiger partial charge is 0.323 e. The minimum Gasteiger partial charge on any atom is -0.618 e. The third-order valence-electron chi connectivity index (χ3n) is 6.44. The zero-order chi connectivity index (χ0) is 27.6. The fourth-order valence-corrected chi connectivity index (χ4v) is 8.09. The molecule has 4 heterocycles. The van der Waals surface area contributed by atoms with Crippen molar-refractivity contribution in [2.75, 3.05) is 6.54 Å². The molecular formula is C25H30N4O6S3. The van der Waals surface area contributed by atoms with Gasteiger partial charge in [-0.05, 0) is 55.7 Å². The molecule has 38 heavy (non-hydrogen) atoms. The number of ketones is 1. The second-order valence-electron chi connectivity index (χ2n) is 9.78. The summed E-state index contributed by atoms with van der Waals surface area (Å²) in [4.78, 5) is 39.8. The fourth-order valence-electron chi connectivity index (χ4n) is 4.42. The van der Waals surface area contributed by atoms with Crippen LogP contribution in [0.5, 0.6) is 0 Å². The van der Waals surface area contributed by atoms with Gasteiger partial charge in [-0.3, -0.25) is 14.4 Å². The molecule has 3 aromatic rings. The molecule has 204 valence electrons. The highest BCUT2D eigenvalue weighted by Crippen LogP contribution is 2.30. The van der Waals surface area contributed by atoms with Crippen molar-refractivity contribution in [2.24, 2.45) is 5.92 Å². The Morgan fingerprint density at radius 3 is 2.66 bits per heavy atom. The van der Waals surface area contributed by atoms with Gasteiger partial charge < -0.3 is 15.8 Å². The third-order valence-corrected chi connectivity index (χ3v) is 10.5. The van der Waals surface area contributed by atoms with E-state index in [1.807, 2.05) is 25.3 Å². The Kier molecular flexibility index (Phi) is 8.50. The molecule has 0 bridgehead atoms. The van der Waals surface area contributed by atoms with Gasteiger partial charge in [-0.25, -0.2) is 8.42 Å². The lowest BCUT2D eigenvalue weighted by atomic mass is 10.0. The first-order valence-electron chi connectivity index (χ1n) is 12.3. The van der Waals surface area contributed by atoms with Crippen LogP contribution in [-0.4, -0.2) is 55.0 Å². The number of aromatic nitrogens is 1. The minimum atomic E-state index is -4.24. The molecule has 0 aliphatic carbocycles. The first-order valence-corrected chi connectivity index (χ1v) is 15.4. The van der Waals surface area contributed by atoms with Crippen molar-refractivity contribution < 1.29 is 27.5 Å². The number of rotatable bonds is 8. The van der Waals surface area contributed by atoms with Crippen molar-refractivity contribution >= 4 is 59.7 Å². The van der Waals surface area contributed by atoms with E-state index in [1.165, 1.54) is 40.9 Å². The monoisotopic (exact) mass is 578 g/mol. The van der Waals surface area contributed by atoms with Crippen LogP contribution in [-0.2, 0) is 19.6 Å². The molecule has 1 aliphatic heterocycles. The van der Waals surface area contributed by atoms with Crippen molar-refractivity contribution in [1.29, 1.82) is 0 Å². The van der Waals surface area contributed by atoms with E-state index in [-0.39, 0.29) is 23.0 Å². The summed E-state index contributed by atoms with van der Waals surface area (Å²) < 4.78 is 29.7. The predicted octanol–water partition coefficient (Wildman–Crippen LogP) is 2.67. The van der Waals surface area contributed by atoms with Crippen LogP contribution in [0.1, 0.15) is 49.7 Å². The zero-order valence-corrected chi connectivity index (χ0v) is 23.7. The number of pyridine rings is 1. The number of thiophene rings is 2. The van der Waals surface area contributed by atoms with E-state index in [4.69, 9.17) is 0 Å². The van der Waals surface area contributed by atoms with Gasteiger partial charge in [-0.2, -0.15) is 9.04 Å². The first-order chi connectivity index (χ1) is 18.0. The molecule has 2 N–H and O–H groups in total. The number of Topliss-reactive ketones (excluding diaryl/α,β-unsaturated/α-hetero) is 1. The number of carbonyl (C=O) groups is 3. The second kappa shape index (κ2) is 11.5. The summed E-state index contributed by atoms with van der Waals surface area (Å²) in [5.41, 5.74) is 0. The summed E-state index contributed by atoms with van der Waals surface area (Å²) in [6.45, 7) is 5.05. The summed E-state index contributed by atoms with van der Waals surface area (Å²) in [7, 11) is -4.24. The zero-order valence-electron chi connectivity index (χ0n) is 21.2. The van der Waals surface area contributed by atoms with Crippen molar-refractivity contribution in [3.63, 3.8) is 0 Å². The highest BCUT2D eigenvalue weighted by atomic mass is 32.2. The van der Waals surface area contributed by atoms with Gasteiger partial charge in [0.15, 0.2) is 12.0 Å². The average molecular weight is 579 g/mol. The number of amides is 2. The molecular weight excluding hydrogens is 548 g/mol. The number of sulfonamides is 1. The quantitative estimate of drug-likeness (QED) is 0.311. The van der Waals surface area contributed by atoms with Crippen LogP contribution in [0, 0.1) is 11.1 Å². The van der Waals surface area contributed by atoms with Crippen LogP contribution < -0.4 is 15.4 Å². The first kappa shape index (κ1) is 28.1. The molecule has 1 aliphatic rings. The molecule has 0 unspecified atom stereocenters. The largest absolute Gasteiger partial charge is 0.618 e. The molecule has 3 atom stereocenters. The lowest BCUT2D eigenvalue weighted by molar-refractivity contribution is -0.646. The molecule has 0 aromatic carbocycles. The molecule has 1 fully saturated rings. The summed E-state index contributed by atoms with van der Waals surface area (Å²) in [6, 6.07) is 5.45. The van der Waals surface area contributed by atoms with Crippen molar-refractivity contribution in [3.8, 4) is 0 Å². The van der Waals surface area contributed by atoms with E-state index in [9.17, 15) is 28.0 Å². The standard InChI is InChI=1S/C25H30N4O6S3/c1-15(2)12-18(27-25(32)22-13-21-20(37-22)9-11-36-21)24(31)26-17-8-7-16(3)29(14-19(17)30)38(34,35)23-6-4-5-10-28(23)33/h4-6,9-11,13,15-18H,7-8,12,14H2,1-3H3,(H,26,31)(H,27,32)/t16-,17+,18+/m1/s1. The van der Waals surface area contributed by atoms with Crippen LogP contribution in [0.3, 0.4) is 0 Å². The van der Waals surface area contributed by atoms with Gasteiger partial charge in [0, 0.05) is 27.6 Å². The lowest BCUT2D eigenvalue weighted by Gasteiger charge is -2.24. The molecule has 2 amide bonds. The third kappa shape index (κ3) is 6.06. The molecule has 0 radical (unpaired) electrons. The van der Waals surface area contributed by atoms with Gasteiger partial charge in [0.25, 0.3) is 5.91 Å². The topological polar surface area (TPSA) is 140 Å². The highest BCUT2D eigenvalue weighted by molar-refractivity contribution is 7.89. The van der Waals surface area contributed by atoms with Crippen LogP contribution >= 0.6 is 22.7 Å². The maximum Gasteiger partial charge on any atom is 0.323 e. The Bertz CT molecular complexity index is 1420. The van der Waals surface area contributed by atoms with Gasteiger partial charge in [0.1, 0.15) is 6.04 Å². The SMILES string of the molecule is CC(C)C[C@H](NC(=O)c1cc2sccc2s1)C(=O)N[C@H]1CC[C@@H](C)N(S(=O)(=O)c2cccc[n+]2[O-])CC1=O. The van der Waals surface area contributed by atoms with Crippen molar-refractivity contribution in [3.05, 3.63) is 52.0 Å². The van der Waals surface area contributed by atoms with Crippen molar-refractivity contribution in [2.45, 2.75) is 63.2 Å². The number of fused-ring (bicyclic) bond motifs is 1. The van der Waals surface area contributed by atoms with E-state index < -0.39 is 51.4 Å². The fraction of sp³-hybridized carbons (Fsp3) is 0.440. The van der Waals surface area contributed by atoms with Crippen LogP contribution in [0.2, 0.25) is 0 Å². The van der Waals surface area contributed by atoms with Crippen LogP contribution in [0.25, 0.3) is 9.40 Å². The lowest BCUT2D eigenvalue weighted by Crippen LogP contribution is -2.53. The number of nitrogens with one attached hydrogen (secondary N) is 2. The van der Waals surface area contributed by atoms with E-state index in [0.29, 0.717) is 17.7 Å². The summed E-state index contributed by atoms with van der Waals surface area (Å²) >= 11 is 2.89. The number of carbonyl (C=O) groups excluding carboxylic acids is 3. The number of nitrogens with zero attached hydrogens (tertiary/aromatic N) is 2. The Balaban J connectivity index is 1.47. The summed E-state index contributed by atoms with van der Waals surface area (Å²) in [5, 5.41) is 19.2. The molecule has 1 saturated heterocycles. The van der Waals surface area contributed by atoms with Gasteiger partial charge in [0.05, 0.1) is 17.5 Å². The summed E-state index contributed by atoms with van der Waals surface area (Å²) in [6.07, 6.45) is 1.98. The van der Waals surface area contributed by atoms with Gasteiger partial charge in [-0.15, -0.1) is 22.7 Å². The van der Waals surface area contributed by atoms with Crippen LogP contribution in [0.4, 0.5) is 0 Å². The maximum atomic E-state index is 13.3. The van der Waals surface area contributed by atoms with E-state index >= 15 is 0 Å². The molecule has 0 saturated carbocycles. The molecule has 3 aromatic heterocycles. The Morgan fingerprint density at radius 2 is 1.97 bits per heavy atom. The Morgan fingerprint density at radius 1 is 1.21 bits per heavy atom. The highest BCUT2D eigenvalue weighted by Gasteiger charge is 2.40. The normalized spacial score (nSPS) is 19.8. The van der Waals surface area contributed by atoms with Gasteiger partial charge in [0.2, 0.25) is 5.91 Å².